The molecule has 6 aromatic rings. The number of hydrogen-bond acceptors (Lipinski definition) is 0. The summed E-state index contributed by atoms with van der Waals surface area (Å²) in [7, 11) is 0. The van der Waals surface area contributed by atoms with Crippen LogP contribution >= 0.6 is 0 Å². The second-order valence-corrected chi connectivity index (χ2v) is 17.7. The van der Waals surface area contributed by atoms with Crippen molar-refractivity contribution in [3.8, 4) is 0 Å². The van der Waals surface area contributed by atoms with Crippen molar-refractivity contribution in [2.45, 2.75) is 72.1 Å². The van der Waals surface area contributed by atoms with E-state index < -0.39 is 0 Å². The van der Waals surface area contributed by atoms with E-state index in [2.05, 4.69) is 137 Å². The van der Waals surface area contributed by atoms with Crippen molar-refractivity contribution < 1.29 is 49.0 Å². The Morgan fingerprint density at radius 2 is 1.22 bits per heavy atom. The molecule has 0 aromatic heterocycles. The zero-order valence-corrected chi connectivity index (χ0v) is 36.1. The summed E-state index contributed by atoms with van der Waals surface area (Å²) >= 11 is 1.44. The van der Waals surface area contributed by atoms with E-state index in [0.717, 1.165) is 29.6 Å². The molecule has 0 bridgehead atoms. The first-order valence-electron chi connectivity index (χ1n) is 19.7. The van der Waals surface area contributed by atoms with E-state index in [1.54, 1.807) is 17.0 Å². The molecule has 3 heteroatoms. The van der Waals surface area contributed by atoms with Gasteiger partial charge in [0.15, 0.2) is 0 Å². The molecule has 4 aliphatic carbocycles. The molecule has 5 atom stereocenters. The average molecular weight is 827 g/mol. The van der Waals surface area contributed by atoms with Gasteiger partial charge in [-0.1, -0.05) is 99.1 Å². The number of hydrogen-bond donors (Lipinski definition) is 0. The molecule has 0 saturated heterocycles. The SMILES string of the molecule is C[C-]1C2=C3Cc4ccccc4C3C3CCCCC3C2CC(C)C1(C)C.[Cl-].[Cl-].[Zr+2]=[C](c1ccc2ccccc2c1)c1ccc2ccccc2c1.c1cc[cH-]c1. The first-order chi connectivity index (χ1) is 25.3. The molecule has 0 heterocycles. The average Bonchev–Trinajstić information content (AvgIpc) is 3.90. The number of benzene rings is 5. The van der Waals surface area contributed by atoms with Crippen molar-refractivity contribution in [2.75, 3.05) is 0 Å². The minimum Gasteiger partial charge on any atom is -0.214 e. The third-order valence-corrected chi connectivity index (χ3v) is 14.9. The van der Waals surface area contributed by atoms with Gasteiger partial charge in [0, 0.05) is 0 Å². The number of rotatable bonds is 2. The van der Waals surface area contributed by atoms with E-state index in [4.69, 9.17) is 0 Å². The summed E-state index contributed by atoms with van der Waals surface area (Å²) in [6.45, 7) is 9.99. The summed E-state index contributed by atoms with van der Waals surface area (Å²) in [4.78, 5) is 0. The summed E-state index contributed by atoms with van der Waals surface area (Å²) < 4.78 is 1.41. The van der Waals surface area contributed by atoms with Gasteiger partial charge in [-0.25, -0.2) is 29.2 Å². The fourth-order valence-electron chi connectivity index (χ4n) is 10.2. The van der Waals surface area contributed by atoms with E-state index >= 15 is 0 Å². The first-order valence-corrected chi connectivity index (χ1v) is 20.9. The molecule has 5 unspecified atom stereocenters. The van der Waals surface area contributed by atoms with Gasteiger partial charge in [-0.15, -0.1) is 6.92 Å². The van der Waals surface area contributed by atoms with Gasteiger partial charge >= 0.3 is 145 Å². The second-order valence-electron chi connectivity index (χ2n) is 16.5. The second kappa shape index (κ2) is 17.4. The van der Waals surface area contributed by atoms with Gasteiger partial charge in [0.25, 0.3) is 0 Å². The summed E-state index contributed by atoms with van der Waals surface area (Å²) in [5, 5.41) is 5.21. The quantitative estimate of drug-likeness (QED) is 0.162. The van der Waals surface area contributed by atoms with Gasteiger partial charge in [-0.3, -0.25) is 0 Å². The monoisotopic (exact) mass is 824 g/mol. The van der Waals surface area contributed by atoms with Gasteiger partial charge < -0.3 is 24.8 Å². The van der Waals surface area contributed by atoms with Crippen molar-refractivity contribution >= 4 is 24.8 Å². The van der Waals surface area contributed by atoms with Crippen molar-refractivity contribution in [3.63, 3.8) is 0 Å². The molecular formula is C51H52Cl2Zr-2. The molecule has 54 heavy (non-hydrogen) atoms. The number of halogens is 2. The number of fused-ring (bicyclic) bond motifs is 9. The van der Waals surface area contributed by atoms with Crippen LogP contribution in [0.1, 0.15) is 88.0 Å². The Kier molecular flexibility index (Phi) is 13.1. The summed E-state index contributed by atoms with van der Waals surface area (Å²) in [5.74, 6) is 6.00. The van der Waals surface area contributed by atoms with Crippen molar-refractivity contribution in [1.29, 1.82) is 0 Å². The van der Waals surface area contributed by atoms with E-state index in [1.165, 1.54) is 98.6 Å². The molecule has 0 radical (unpaired) electrons. The van der Waals surface area contributed by atoms with Crippen LogP contribution in [0.5, 0.6) is 0 Å². The van der Waals surface area contributed by atoms with E-state index in [9.17, 15) is 0 Å². The third-order valence-electron chi connectivity index (χ3n) is 13.5. The predicted molar refractivity (Wildman–Crippen MR) is 218 cm³/mol. The maximum Gasteiger partial charge on any atom is -0.172 e. The largest absolute Gasteiger partial charge is 0.214 e. The van der Waals surface area contributed by atoms with Crippen LogP contribution in [-0.2, 0) is 30.7 Å². The van der Waals surface area contributed by atoms with E-state index in [-0.39, 0.29) is 24.8 Å². The van der Waals surface area contributed by atoms with Crippen LogP contribution in [0, 0.1) is 35.0 Å². The minimum absolute atomic E-state index is 0. The van der Waals surface area contributed by atoms with Gasteiger partial charge in [-0.2, -0.15) is 18.2 Å². The maximum atomic E-state index is 2.51. The molecule has 0 amide bonds. The molecule has 276 valence electrons. The first kappa shape index (κ1) is 40.6. The van der Waals surface area contributed by atoms with Crippen molar-refractivity contribution in [2.24, 2.45) is 29.1 Å². The van der Waals surface area contributed by atoms with Crippen molar-refractivity contribution in [1.82, 2.24) is 0 Å². The Hall–Kier alpha value is -3.09. The van der Waals surface area contributed by atoms with Gasteiger partial charge in [0.1, 0.15) is 0 Å². The number of allylic oxidation sites excluding steroid dienone is 2. The molecule has 0 aliphatic heterocycles. The normalized spacial score (nSPS) is 23.1. The molecule has 2 saturated carbocycles. The summed E-state index contributed by atoms with van der Waals surface area (Å²) in [5.41, 5.74) is 10.0. The molecule has 10 rings (SSSR count). The third kappa shape index (κ3) is 7.81. The Labute approximate surface area is 351 Å². The van der Waals surface area contributed by atoms with E-state index in [0.29, 0.717) is 5.41 Å². The summed E-state index contributed by atoms with van der Waals surface area (Å²) in [6, 6.07) is 50.0. The standard InChI is InChI=1S/C25H33.C21H14.C5H5.2ClH.Zr/c1-15-13-21-19-11-7-8-12-20(19)24-18-10-6-5-9-17(18)14-22(24)23(21)16(2)25(15,3)4;1-3-7-20-14-16(9-11-18(20)5-1)13-17-10-12-19-6-2-4-8-21(19)15-17;1-2-4-5-3-1;;;/h5-6,9-10,15,19-21,24H,7-8,11-14H2,1-4H3;1-12,14-15H;1-5H;2*1H;/q-1;;-1;;;+2/p-2. The van der Waals surface area contributed by atoms with Crippen LogP contribution in [0.25, 0.3) is 21.5 Å². The molecule has 4 aliphatic rings. The van der Waals surface area contributed by atoms with Gasteiger partial charge in [0.2, 0.25) is 0 Å². The summed E-state index contributed by atoms with van der Waals surface area (Å²) in [6.07, 6.45) is 8.52. The Morgan fingerprint density at radius 1 is 0.685 bits per heavy atom. The molecule has 6 aromatic carbocycles. The fraction of sp³-hybridized carbons (Fsp3) is 0.314. The van der Waals surface area contributed by atoms with Crippen molar-refractivity contribution in [3.05, 3.63) is 179 Å². The maximum absolute atomic E-state index is 2.51. The van der Waals surface area contributed by atoms with Gasteiger partial charge in [-0.05, 0) is 30.6 Å². The van der Waals surface area contributed by atoms with Crippen LogP contribution in [0.3, 0.4) is 0 Å². The van der Waals surface area contributed by atoms with Gasteiger partial charge in [0.05, 0.1) is 0 Å². The van der Waals surface area contributed by atoms with Crippen LogP contribution in [0.2, 0.25) is 0 Å². The topological polar surface area (TPSA) is 0 Å². The Bertz CT molecular complexity index is 2130. The van der Waals surface area contributed by atoms with Crippen LogP contribution in [0.4, 0.5) is 0 Å². The zero-order chi connectivity index (χ0) is 35.8. The molecular weight excluding hydrogens is 775 g/mol. The van der Waals surface area contributed by atoms with Crippen LogP contribution in [0.15, 0.2) is 151 Å². The predicted octanol–water partition coefficient (Wildman–Crippen LogP) is 7.24. The molecule has 0 spiro atoms. The molecule has 2 fully saturated rings. The smallest absolute Gasteiger partial charge is 0.172 e. The molecule has 0 N–H and O–H groups in total. The van der Waals surface area contributed by atoms with Crippen LogP contribution in [-0.4, -0.2) is 3.21 Å². The fourth-order valence-corrected chi connectivity index (χ4v) is 11.0. The van der Waals surface area contributed by atoms with Crippen LogP contribution < -0.4 is 24.8 Å². The minimum atomic E-state index is 0. The van der Waals surface area contributed by atoms with E-state index in [1.807, 2.05) is 41.5 Å². The Balaban J connectivity index is 0.000000159. The zero-order valence-electron chi connectivity index (χ0n) is 32.2. The Morgan fingerprint density at radius 3 is 1.80 bits per heavy atom. The molecule has 0 nitrogen and oxygen atoms in total.